The first-order chi connectivity index (χ1) is 9.08. The first kappa shape index (κ1) is 13.0. The second-order valence-electron chi connectivity index (χ2n) is 4.27. The van der Waals surface area contributed by atoms with Crippen LogP contribution in [0.1, 0.15) is 21.5 Å². The predicted octanol–water partition coefficient (Wildman–Crippen LogP) is 4.42. The fourth-order valence-electron chi connectivity index (χ4n) is 1.63. The quantitative estimate of drug-likeness (QED) is 0.824. The molecule has 0 saturated carbocycles. The maximum Gasteiger partial charge on any atom is 0.335 e. The minimum absolute atomic E-state index is 0.241. The van der Waals surface area contributed by atoms with Gasteiger partial charge in [0.15, 0.2) is 0 Å². The Morgan fingerprint density at radius 1 is 1.00 bits per heavy atom. The molecule has 0 aliphatic rings. The van der Waals surface area contributed by atoms with Gasteiger partial charge in [0.05, 0.1) is 16.9 Å². The summed E-state index contributed by atoms with van der Waals surface area (Å²) in [5.41, 5.74) is 3.95. The summed E-state index contributed by atoms with van der Waals surface area (Å²) in [6, 6.07) is 12.2. The molecule has 0 saturated heterocycles. The van der Waals surface area contributed by atoms with Crippen molar-refractivity contribution >= 4 is 17.3 Å². The Balaban J connectivity index is 2.23. The van der Waals surface area contributed by atoms with Crippen LogP contribution in [0.25, 0.3) is 0 Å². The topological polar surface area (TPSA) is 62.0 Å². The molecule has 2 aromatic carbocycles. The number of carbonyl (C=O) groups is 1. The number of aromatic carboxylic acids is 1. The highest BCUT2D eigenvalue weighted by Gasteiger charge is 2.02. The van der Waals surface area contributed by atoms with Gasteiger partial charge in [0.25, 0.3) is 0 Å². The van der Waals surface area contributed by atoms with Crippen molar-refractivity contribution in [1.29, 1.82) is 0 Å². The van der Waals surface area contributed by atoms with Crippen molar-refractivity contribution in [3.8, 4) is 0 Å². The maximum absolute atomic E-state index is 10.7. The maximum atomic E-state index is 10.7. The van der Waals surface area contributed by atoms with Crippen LogP contribution in [-0.2, 0) is 0 Å². The van der Waals surface area contributed by atoms with E-state index in [1.807, 2.05) is 32.0 Å². The van der Waals surface area contributed by atoms with Crippen LogP contribution in [0.2, 0.25) is 0 Å². The van der Waals surface area contributed by atoms with Crippen LogP contribution in [0.4, 0.5) is 11.4 Å². The molecule has 0 bridgehead atoms. The molecule has 0 unspecified atom stereocenters. The fourth-order valence-corrected chi connectivity index (χ4v) is 1.63. The van der Waals surface area contributed by atoms with Gasteiger partial charge in [0, 0.05) is 0 Å². The van der Waals surface area contributed by atoms with Crippen LogP contribution in [0.3, 0.4) is 0 Å². The van der Waals surface area contributed by atoms with Gasteiger partial charge in [-0.2, -0.15) is 10.2 Å². The highest BCUT2D eigenvalue weighted by atomic mass is 16.4. The number of benzene rings is 2. The molecule has 2 aromatic rings. The van der Waals surface area contributed by atoms with Crippen LogP contribution < -0.4 is 0 Å². The summed E-state index contributed by atoms with van der Waals surface area (Å²) in [4.78, 5) is 10.7. The van der Waals surface area contributed by atoms with E-state index in [2.05, 4.69) is 10.2 Å². The first-order valence-electron chi connectivity index (χ1n) is 5.89. The third kappa shape index (κ3) is 3.04. The summed E-state index contributed by atoms with van der Waals surface area (Å²) in [6.45, 7) is 4.02. The summed E-state index contributed by atoms with van der Waals surface area (Å²) in [5, 5.41) is 17.1. The lowest BCUT2D eigenvalue weighted by Gasteiger charge is -2.02. The third-order valence-corrected chi connectivity index (χ3v) is 2.96. The Kier molecular flexibility index (Phi) is 3.71. The molecule has 4 nitrogen and oxygen atoms in total. The zero-order valence-electron chi connectivity index (χ0n) is 10.8. The van der Waals surface area contributed by atoms with Gasteiger partial charge in [-0.15, -0.1) is 0 Å². The molecule has 96 valence electrons. The lowest BCUT2D eigenvalue weighted by Crippen LogP contribution is -1.93. The standard InChI is InChI=1S/C15H14N2O2/c1-10-4-3-5-14(11(10)2)17-16-13-8-6-12(7-9-13)15(18)19/h3-9H,1-2H3,(H,18,19). The summed E-state index contributed by atoms with van der Waals surface area (Å²) in [7, 11) is 0. The van der Waals surface area contributed by atoms with Crippen LogP contribution in [0, 0.1) is 13.8 Å². The molecule has 19 heavy (non-hydrogen) atoms. The largest absolute Gasteiger partial charge is 0.478 e. The molecule has 0 radical (unpaired) electrons. The fraction of sp³-hybridized carbons (Fsp3) is 0.133. The Morgan fingerprint density at radius 3 is 2.32 bits per heavy atom. The smallest absolute Gasteiger partial charge is 0.335 e. The normalized spacial score (nSPS) is 10.8. The van der Waals surface area contributed by atoms with E-state index in [-0.39, 0.29) is 5.56 Å². The highest BCUT2D eigenvalue weighted by Crippen LogP contribution is 2.24. The van der Waals surface area contributed by atoms with Gasteiger partial charge >= 0.3 is 5.97 Å². The highest BCUT2D eigenvalue weighted by molar-refractivity contribution is 5.87. The number of hydrogen-bond acceptors (Lipinski definition) is 3. The van der Waals surface area contributed by atoms with Crippen molar-refractivity contribution in [3.05, 3.63) is 59.2 Å². The number of nitrogens with zero attached hydrogens (tertiary/aromatic N) is 2. The summed E-state index contributed by atoms with van der Waals surface area (Å²) in [6.07, 6.45) is 0. The van der Waals surface area contributed by atoms with Crippen molar-refractivity contribution < 1.29 is 9.90 Å². The number of hydrogen-bond donors (Lipinski definition) is 1. The van der Waals surface area contributed by atoms with E-state index < -0.39 is 5.97 Å². The molecule has 0 atom stereocenters. The lowest BCUT2D eigenvalue weighted by molar-refractivity contribution is 0.0697. The van der Waals surface area contributed by atoms with E-state index in [0.717, 1.165) is 16.8 Å². The molecule has 1 N–H and O–H groups in total. The average molecular weight is 254 g/mol. The van der Waals surface area contributed by atoms with Gasteiger partial charge in [0.2, 0.25) is 0 Å². The predicted molar refractivity (Wildman–Crippen MR) is 73.5 cm³/mol. The molecular formula is C15H14N2O2. The van der Waals surface area contributed by atoms with Gasteiger partial charge in [-0.1, -0.05) is 12.1 Å². The second kappa shape index (κ2) is 5.44. The van der Waals surface area contributed by atoms with Gasteiger partial charge in [-0.3, -0.25) is 0 Å². The van der Waals surface area contributed by atoms with E-state index in [9.17, 15) is 4.79 Å². The van der Waals surface area contributed by atoms with E-state index in [0.29, 0.717) is 5.69 Å². The second-order valence-corrected chi connectivity index (χ2v) is 4.27. The number of carboxylic acids is 1. The van der Waals surface area contributed by atoms with Crippen LogP contribution >= 0.6 is 0 Å². The number of carboxylic acid groups (broad SMARTS) is 1. The third-order valence-electron chi connectivity index (χ3n) is 2.96. The Bertz CT molecular complexity index is 631. The molecule has 4 heteroatoms. The van der Waals surface area contributed by atoms with Gasteiger partial charge in [-0.05, 0) is 55.3 Å². The van der Waals surface area contributed by atoms with E-state index in [1.54, 1.807) is 12.1 Å². The minimum Gasteiger partial charge on any atom is -0.478 e. The molecule has 0 aliphatic carbocycles. The SMILES string of the molecule is Cc1cccc(N=Nc2ccc(C(=O)O)cc2)c1C. The monoisotopic (exact) mass is 254 g/mol. The van der Waals surface area contributed by atoms with Crippen molar-refractivity contribution in [3.63, 3.8) is 0 Å². The van der Waals surface area contributed by atoms with Crippen molar-refractivity contribution in [2.75, 3.05) is 0 Å². The van der Waals surface area contributed by atoms with Crippen LogP contribution in [-0.4, -0.2) is 11.1 Å². The number of azo groups is 1. The van der Waals surface area contributed by atoms with E-state index in [1.165, 1.54) is 12.1 Å². The van der Waals surface area contributed by atoms with Crippen molar-refractivity contribution in [2.24, 2.45) is 10.2 Å². The zero-order chi connectivity index (χ0) is 13.8. The number of rotatable bonds is 3. The summed E-state index contributed by atoms with van der Waals surface area (Å²) >= 11 is 0. The zero-order valence-corrected chi connectivity index (χ0v) is 10.8. The van der Waals surface area contributed by atoms with Gasteiger partial charge in [0.1, 0.15) is 0 Å². The molecule has 0 heterocycles. The van der Waals surface area contributed by atoms with Crippen LogP contribution in [0.5, 0.6) is 0 Å². The minimum atomic E-state index is -0.946. The summed E-state index contributed by atoms with van der Waals surface area (Å²) in [5.74, 6) is -0.946. The van der Waals surface area contributed by atoms with E-state index in [4.69, 9.17) is 5.11 Å². The van der Waals surface area contributed by atoms with Gasteiger partial charge < -0.3 is 5.11 Å². The molecule has 0 amide bonds. The molecule has 0 fully saturated rings. The molecule has 0 spiro atoms. The molecule has 0 aliphatic heterocycles. The van der Waals surface area contributed by atoms with Crippen molar-refractivity contribution in [2.45, 2.75) is 13.8 Å². The molecule has 2 rings (SSSR count). The number of aryl methyl sites for hydroxylation is 1. The lowest BCUT2D eigenvalue weighted by atomic mass is 10.1. The molecular weight excluding hydrogens is 240 g/mol. The van der Waals surface area contributed by atoms with E-state index >= 15 is 0 Å². The molecule has 0 aromatic heterocycles. The Labute approximate surface area is 111 Å². The summed E-state index contributed by atoms with van der Waals surface area (Å²) < 4.78 is 0. The van der Waals surface area contributed by atoms with Crippen molar-refractivity contribution in [1.82, 2.24) is 0 Å². The van der Waals surface area contributed by atoms with Crippen LogP contribution in [0.15, 0.2) is 52.7 Å². The Hall–Kier alpha value is -2.49. The van der Waals surface area contributed by atoms with Gasteiger partial charge in [-0.25, -0.2) is 4.79 Å². The Morgan fingerprint density at radius 2 is 1.68 bits per heavy atom. The average Bonchev–Trinajstić information content (AvgIpc) is 2.41. The first-order valence-corrected chi connectivity index (χ1v) is 5.89.